The maximum atomic E-state index is 12.4. The molecule has 0 bridgehead atoms. The van der Waals surface area contributed by atoms with Crippen LogP contribution in [0.4, 0.5) is 0 Å². The highest BCUT2D eigenvalue weighted by Gasteiger charge is 2.43. The van der Waals surface area contributed by atoms with Crippen LogP contribution in [-0.4, -0.2) is 69.0 Å². The number of nitrogens with zero attached hydrogens (tertiary/aromatic N) is 2. The van der Waals surface area contributed by atoms with Crippen LogP contribution in [0.3, 0.4) is 0 Å². The zero-order valence-electron chi connectivity index (χ0n) is 18.8. The van der Waals surface area contributed by atoms with Crippen molar-refractivity contribution in [2.75, 3.05) is 12.8 Å². The SMILES string of the molecule is Cc1nc(=O)n(C2CC(O)C(COP(=O)(O)OP(=O)(O)OP(=O)(O)O)O2)cc1C#CCCCP(=O)(O)O. The number of hydrogen-bond donors (Lipinski definition) is 7. The third-order valence-electron chi connectivity index (χ3n) is 4.45. The Balaban J connectivity index is 2.06. The van der Waals surface area contributed by atoms with E-state index < -0.39 is 61.8 Å². The first kappa shape index (κ1) is 32.1. The van der Waals surface area contributed by atoms with E-state index >= 15 is 0 Å². The summed E-state index contributed by atoms with van der Waals surface area (Å²) in [5.74, 6) is 5.43. The van der Waals surface area contributed by atoms with Gasteiger partial charge < -0.3 is 39.2 Å². The van der Waals surface area contributed by atoms with Gasteiger partial charge in [0.15, 0.2) is 0 Å². The Hall–Kier alpha value is -1.08. The van der Waals surface area contributed by atoms with Gasteiger partial charge in [0.05, 0.1) is 30.1 Å². The van der Waals surface area contributed by atoms with E-state index in [1.54, 1.807) is 0 Å². The molecule has 0 radical (unpaired) electrons. The van der Waals surface area contributed by atoms with Crippen LogP contribution in [-0.2, 0) is 36.1 Å². The molecule has 7 N–H and O–H groups in total. The van der Waals surface area contributed by atoms with E-state index in [2.05, 4.69) is 30.0 Å². The Labute approximate surface area is 208 Å². The molecule has 1 aliphatic heterocycles. The second-order valence-corrected chi connectivity index (χ2v) is 13.7. The van der Waals surface area contributed by atoms with Crippen molar-refractivity contribution in [3.05, 3.63) is 27.9 Å². The number of aliphatic hydroxyl groups is 1. The lowest BCUT2D eigenvalue weighted by Gasteiger charge is -2.19. The Morgan fingerprint density at radius 2 is 1.76 bits per heavy atom. The van der Waals surface area contributed by atoms with Gasteiger partial charge in [-0.2, -0.15) is 13.6 Å². The molecule has 1 fully saturated rings. The topological polar surface area (TPSA) is 282 Å². The number of unbranched alkanes of at least 4 members (excludes halogenated alkanes) is 1. The number of aromatic nitrogens is 2. The van der Waals surface area contributed by atoms with Gasteiger partial charge >= 0.3 is 36.8 Å². The van der Waals surface area contributed by atoms with Crippen LogP contribution in [0, 0.1) is 18.8 Å². The van der Waals surface area contributed by atoms with E-state index in [0.29, 0.717) is 0 Å². The van der Waals surface area contributed by atoms with Crippen LogP contribution in [0.1, 0.15) is 36.7 Å². The second kappa shape index (κ2) is 12.4. The van der Waals surface area contributed by atoms with Gasteiger partial charge in [-0.3, -0.25) is 13.7 Å². The maximum absolute atomic E-state index is 12.4. The highest BCUT2D eigenvalue weighted by molar-refractivity contribution is 7.66. The average molecular weight is 612 g/mol. The number of aryl methyl sites for hydroxylation is 1. The Kier molecular flexibility index (Phi) is 10.8. The van der Waals surface area contributed by atoms with Gasteiger partial charge in [0.25, 0.3) is 0 Å². The molecule has 0 amide bonds. The zero-order valence-corrected chi connectivity index (χ0v) is 22.4. The summed E-state index contributed by atoms with van der Waals surface area (Å²) in [7, 11) is -20.9. The van der Waals surface area contributed by atoms with Crippen molar-refractivity contribution in [3.8, 4) is 11.8 Å². The summed E-state index contributed by atoms with van der Waals surface area (Å²) >= 11 is 0. The first-order valence-corrected chi connectivity index (χ1v) is 16.3. The monoisotopic (exact) mass is 612 g/mol. The molecule has 0 saturated carbocycles. The van der Waals surface area contributed by atoms with E-state index in [1.165, 1.54) is 13.1 Å². The lowest BCUT2D eigenvalue weighted by atomic mass is 10.2. The summed E-state index contributed by atoms with van der Waals surface area (Å²) in [5, 5.41) is 10.2. The summed E-state index contributed by atoms with van der Waals surface area (Å²) in [6.45, 7) is 0.586. The molecule has 1 aromatic heterocycles. The number of phosphoric acid groups is 3. The van der Waals surface area contributed by atoms with Crippen LogP contribution < -0.4 is 5.69 Å². The number of aliphatic hydroxyl groups excluding tert-OH is 1. The summed E-state index contributed by atoms with van der Waals surface area (Å²) in [6, 6.07) is 0. The molecule has 37 heavy (non-hydrogen) atoms. The highest BCUT2D eigenvalue weighted by atomic mass is 31.3. The van der Waals surface area contributed by atoms with Gasteiger partial charge in [-0.25, -0.2) is 18.5 Å². The largest absolute Gasteiger partial charge is 0.490 e. The molecule has 5 unspecified atom stereocenters. The van der Waals surface area contributed by atoms with Crippen molar-refractivity contribution >= 4 is 31.1 Å². The molecule has 1 aromatic rings. The lowest BCUT2D eigenvalue weighted by molar-refractivity contribution is -0.0450. The van der Waals surface area contributed by atoms with E-state index in [0.717, 1.165) is 4.57 Å². The smallest absolute Gasteiger partial charge is 0.390 e. The third-order valence-corrected chi connectivity index (χ3v) is 9.15. The zero-order chi connectivity index (χ0) is 28.2. The fourth-order valence-electron chi connectivity index (χ4n) is 2.92. The van der Waals surface area contributed by atoms with Crippen LogP contribution in [0.5, 0.6) is 0 Å². The molecule has 2 heterocycles. The van der Waals surface area contributed by atoms with Gasteiger partial charge in [0.1, 0.15) is 12.3 Å². The molecular weight excluding hydrogens is 588 g/mol. The van der Waals surface area contributed by atoms with Crippen LogP contribution in [0.25, 0.3) is 0 Å². The predicted molar refractivity (Wildman–Crippen MR) is 121 cm³/mol. The summed E-state index contributed by atoms with van der Waals surface area (Å²) in [6.07, 6.45) is -2.84. The molecule has 210 valence electrons. The van der Waals surface area contributed by atoms with Crippen molar-refractivity contribution in [1.82, 2.24) is 9.55 Å². The first-order chi connectivity index (χ1) is 16.8. The molecule has 1 aliphatic rings. The minimum absolute atomic E-state index is 0.138. The highest BCUT2D eigenvalue weighted by Crippen LogP contribution is 2.66. The number of rotatable bonds is 11. The van der Waals surface area contributed by atoms with Gasteiger partial charge in [-0.05, 0) is 13.3 Å². The molecule has 18 nitrogen and oxygen atoms in total. The molecular formula is C15H24N2O16P4. The van der Waals surface area contributed by atoms with Gasteiger partial charge in [0.2, 0.25) is 0 Å². The molecule has 2 rings (SSSR count). The Morgan fingerprint density at radius 1 is 1.11 bits per heavy atom. The summed E-state index contributed by atoms with van der Waals surface area (Å²) in [5.41, 5.74) is -0.243. The Bertz CT molecular complexity index is 1290. The van der Waals surface area contributed by atoms with E-state index in [1.807, 2.05) is 0 Å². The third kappa shape index (κ3) is 11.3. The Morgan fingerprint density at radius 3 is 2.35 bits per heavy atom. The quantitative estimate of drug-likeness (QED) is 0.0972. The molecule has 0 aromatic carbocycles. The fourth-order valence-corrected chi connectivity index (χ4v) is 6.52. The molecule has 22 heteroatoms. The average Bonchev–Trinajstić information content (AvgIpc) is 3.04. The van der Waals surface area contributed by atoms with Crippen molar-refractivity contribution < 1.29 is 70.6 Å². The van der Waals surface area contributed by atoms with E-state index in [4.69, 9.17) is 29.2 Å². The standard InChI is InChI=1S/C15H24N2O16P4/c1-10-11(5-3-2-4-6-34(20,21)22)8-17(15(19)16-10)14-7-12(18)13(31-14)9-30-36(26,27)33-37(28,29)32-35(23,24)25/h8,12-14,18H,2,4,6-7,9H2,1H3,(H,26,27)(H,28,29)(H2,20,21,22)(H2,23,24,25). The number of phosphoric ester groups is 1. The van der Waals surface area contributed by atoms with Crippen molar-refractivity contribution in [3.63, 3.8) is 0 Å². The molecule has 0 aliphatic carbocycles. The normalized spacial score (nSPS) is 23.6. The molecule has 0 spiro atoms. The van der Waals surface area contributed by atoms with Crippen molar-refractivity contribution in [1.29, 1.82) is 0 Å². The van der Waals surface area contributed by atoms with Gasteiger partial charge in [-0.15, -0.1) is 0 Å². The fraction of sp³-hybridized carbons (Fsp3) is 0.600. The number of ether oxygens (including phenoxy) is 1. The summed E-state index contributed by atoms with van der Waals surface area (Å²) in [4.78, 5) is 69.6. The number of hydrogen-bond acceptors (Lipinski definition) is 11. The van der Waals surface area contributed by atoms with Crippen molar-refractivity contribution in [2.24, 2.45) is 0 Å². The minimum Gasteiger partial charge on any atom is -0.390 e. The maximum Gasteiger partial charge on any atom is 0.490 e. The second-order valence-electron chi connectivity index (χ2n) is 7.54. The van der Waals surface area contributed by atoms with Gasteiger partial charge in [-0.1, -0.05) is 11.8 Å². The minimum atomic E-state index is -5.72. The van der Waals surface area contributed by atoms with Crippen LogP contribution >= 0.6 is 31.1 Å². The summed E-state index contributed by atoms with van der Waals surface area (Å²) < 4.78 is 62.8. The van der Waals surface area contributed by atoms with Crippen molar-refractivity contribution in [2.45, 2.75) is 44.6 Å². The van der Waals surface area contributed by atoms with E-state index in [9.17, 15) is 33.1 Å². The predicted octanol–water partition coefficient (Wildman–Crippen LogP) is -0.147. The molecule has 1 saturated heterocycles. The van der Waals surface area contributed by atoms with Gasteiger partial charge in [0, 0.05) is 19.0 Å². The first-order valence-electron chi connectivity index (χ1n) is 10.0. The lowest BCUT2D eigenvalue weighted by Crippen LogP contribution is -2.29. The van der Waals surface area contributed by atoms with Crippen LogP contribution in [0.2, 0.25) is 0 Å². The van der Waals surface area contributed by atoms with Crippen LogP contribution in [0.15, 0.2) is 11.0 Å². The van der Waals surface area contributed by atoms with E-state index in [-0.39, 0.29) is 36.7 Å². The molecule has 5 atom stereocenters.